The van der Waals surface area contributed by atoms with Crippen LogP contribution in [0.15, 0.2) is 0 Å². The fourth-order valence-electron chi connectivity index (χ4n) is 0.208. The molecule has 0 aromatic carbocycles. The van der Waals surface area contributed by atoms with Gasteiger partial charge in [0, 0.05) is 0 Å². The Morgan fingerprint density at radius 1 is 1.62 bits per heavy atom. The normalized spacial score (nSPS) is 8.12. The van der Waals surface area contributed by atoms with Crippen LogP contribution >= 0.6 is 0 Å². The van der Waals surface area contributed by atoms with E-state index < -0.39 is 6.16 Å². The zero-order chi connectivity index (χ0) is 6.41. The van der Waals surface area contributed by atoms with Crippen molar-refractivity contribution in [1.29, 1.82) is 0 Å². The standard InChI is InChI=1S/C5H8O3/c1-3-7-5(6)8-4-2/h1-4H2. The van der Waals surface area contributed by atoms with E-state index in [4.69, 9.17) is 0 Å². The smallest absolute Gasteiger partial charge is 0.467 e. The maximum absolute atomic E-state index is 10.1. The molecule has 0 amide bonds. The maximum atomic E-state index is 10.1. The average Bonchev–Trinajstić information content (AvgIpc) is 1.68. The summed E-state index contributed by atoms with van der Waals surface area (Å²) in [6.07, 6.45) is -0.713. The summed E-state index contributed by atoms with van der Waals surface area (Å²) in [6.45, 7) is 6.72. The van der Waals surface area contributed by atoms with E-state index in [1.165, 1.54) is 0 Å². The van der Waals surface area contributed by atoms with Gasteiger partial charge in [0.25, 0.3) is 0 Å². The molecule has 0 N–H and O–H groups in total. The lowest BCUT2D eigenvalue weighted by Crippen LogP contribution is -2.05. The predicted octanol–water partition coefficient (Wildman–Crippen LogP) is 0.808. The lowest BCUT2D eigenvalue weighted by atomic mass is 10.8. The largest absolute Gasteiger partial charge is 0.509 e. The molecule has 0 radical (unpaired) electrons. The van der Waals surface area contributed by atoms with Crippen molar-refractivity contribution < 1.29 is 14.3 Å². The molecule has 3 nitrogen and oxygen atoms in total. The van der Waals surface area contributed by atoms with Crippen LogP contribution in [0.5, 0.6) is 0 Å². The Labute approximate surface area is 48.6 Å². The van der Waals surface area contributed by atoms with Crippen molar-refractivity contribution in [3.05, 3.63) is 13.8 Å². The van der Waals surface area contributed by atoms with Gasteiger partial charge in [-0.25, -0.2) is 4.79 Å². The van der Waals surface area contributed by atoms with Gasteiger partial charge in [-0.1, -0.05) is 0 Å². The van der Waals surface area contributed by atoms with Crippen LogP contribution in [0.25, 0.3) is 0 Å². The molecule has 3 heteroatoms. The predicted molar refractivity (Wildman–Crippen MR) is 28.0 cm³/mol. The Kier molecular flexibility index (Phi) is 3.84. The first kappa shape index (κ1) is 7.14. The molecule has 0 rings (SSSR count). The summed E-state index contributed by atoms with van der Waals surface area (Å²) < 4.78 is 8.54. The summed E-state index contributed by atoms with van der Waals surface area (Å²) in [5, 5.41) is 0. The Morgan fingerprint density at radius 3 is 2.62 bits per heavy atom. The molecule has 0 aromatic rings. The van der Waals surface area contributed by atoms with E-state index in [0.717, 1.165) is 0 Å². The molecule has 0 aliphatic carbocycles. The number of rotatable bonds is 2. The van der Waals surface area contributed by atoms with Gasteiger partial charge in [-0.3, -0.25) is 0 Å². The third-order valence-electron chi connectivity index (χ3n) is 0.440. The molecular weight excluding hydrogens is 108 g/mol. The zero-order valence-electron chi connectivity index (χ0n) is 4.55. The van der Waals surface area contributed by atoms with Crippen LogP contribution in [0.2, 0.25) is 0 Å². The van der Waals surface area contributed by atoms with Gasteiger partial charge in [0.05, 0.1) is 0 Å². The molecular formula is C5H8O3. The highest BCUT2D eigenvalue weighted by atomic mass is 16.7. The van der Waals surface area contributed by atoms with E-state index in [-0.39, 0.29) is 13.2 Å². The van der Waals surface area contributed by atoms with E-state index >= 15 is 0 Å². The molecule has 0 heterocycles. The summed E-state index contributed by atoms with van der Waals surface area (Å²) in [5.41, 5.74) is 0. The highest BCUT2D eigenvalue weighted by molar-refractivity contribution is 5.59. The van der Waals surface area contributed by atoms with Crippen molar-refractivity contribution >= 4 is 6.16 Å². The van der Waals surface area contributed by atoms with Gasteiger partial charge in [-0.05, 0) is 6.61 Å². The van der Waals surface area contributed by atoms with Crippen molar-refractivity contribution in [2.75, 3.05) is 13.2 Å². The Bertz CT molecular complexity index is 62.1. The van der Waals surface area contributed by atoms with E-state index in [1.54, 1.807) is 0 Å². The fraction of sp³-hybridized carbons (Fsp3) is 0.400. The molecule has 0 atom stereocenters. The van der Waals surface area contributed by atoms with Crippen LogP contribution in [0.3, 0.4) is 0 Å². The van der Waals surface area contributed by atoms with Crippen LogP contribution in [0, 0.1) is 13.8 Å². The second-order valence-corrected chi connectivity index (χ2v) is 0.947. The number of ether oxygens (including phenoxy) is 2. The average molecular weight is 116 g/mol. The van der Waals surface area contributed by atoms with Gasteiger partial charge in [0.1, 0.15) is 6.92 Å². The lowest BCUT2D eigenvalue weighted by Gasteiger charge is -1.99. The van der Waals surface area contributed by atoms with E-state index in [1.807, 2.05) is 0 Å². The minimum Gasteiger partial charge on any atom is -0.467 e. The van der Waals surface area contributed by atoms with Gasteiger partial charge < -0.3 is 16.4 Å². The fourth-order valence-corrected chi connectivity index (χ4v) is 0.208. The zero-order valence-corrected chi connectivity index (χ0v) is 4.55. The molecule has 0 aliphatic rings. The molecule has 0 unspecified atom stereocenters. The number of hydrogen-bond acceptors (Lipinski definition) is 3. The minimum absolute atomic E-state index is 0.0961. The van der Waals surface area contributed by atoms with Crippen LogP contribution in [-0.4, -0.2) is 19.4 Å². The molecule has 0 spiro atoms. The van der Waals surface area contributed by atoms with E-state index in [2.05, 4.69) is 23.3 Å². The molecule has 8 heavy (non-hydrogen) atoms. The monoisotopic (exact) mass is 116 g/mol. The van der Waals surface area contributed by atoms with Crippen LogP contribution < -0.4 is 0 Å². The van der Waals surface area contributed by atoms with Gasteiger partial charge >= 0.3 is 6.16 Å². The van der Waals surface area contributed by atoms with E-state index in [9.17, 15) is 4.79 Å². The van der Waals surface area contributed by atoms with Crippen molar-refractivity contribution in [2.24, 2.45) is 0 Å². The van der Waals surface area contributed by atoms with Crippen molar-refractivity contribution in [3.8, 4) is 0 Å². The number of hydrogen-bond donors (Lipinski definition) is 0. The Hall–Kier alpha value is -0.860. The minimum atomic E-state index is -0.713. The van der Waals surface area contributed by atoms with Gasteiger partial charge in [0.2, 0.25) is 6.61 Å². The first-order valence-corrected chi connectivity index (χ1v) is 2.19. The highest BCUT2D eigenvalue weighted by Gasteiger charge is 1.96. The summed E-state index contributed by atoms with van der Waals surface area (Å²) in [6, 6.07) is 0. The number of carbonyl (C=O) groups is 1. The second-order valence-electron chi connectivity index (χ2n) is 0.947. The van der Waals surface area contributed by atoms with Crippen molar-refractivity contribution in [1.82, 2.24) is 0 Å². The first-order valence-electron chi connectivity index (χ1n) is 2.19. The molecule has 0 aromatic heterocycles. The SMILES string of the molecule is [CH2+]COC(=O)OC[CH2-]. The van der Waals surface area contributed by atoms with Crippen LogP contribution in [-0.2, 0) is 9.47 Å². The van der Waals surface area contributed by atoms with Crippen LogP contribution in [0.1, 0.15) is 0 Å². The molecule has 0 saturated carbocycles. The van der Waals surface area contributed by atoms with Gasteiger partial charge in [-0.15, -0.1) is 0 Å². The Morgan fingerprint density at radius 2 is 2.25 bits per heavy atom. The third-order valence-corrected chi connectivity index (χ3v) is 0.440. The topological polar surface area (TPSA) is 35.5 Å². The molecule has 0 saturated heterocycles. The quantitative estimate of drug-likeness (QED) is 0.395. The van der Waals surface area contributed by atoms with Gasteiger partial charge in [-0.2, -0.15) is 0 Å². The number of carbonyl (C=O) groups excluding carboxylic acids is 1. The molecule has 0 fully saturated rings. The first-order chi connectivity index (χ1) is 3.81. The Balaban J connectivity index is 3.06. The summed E-state index contributed by atoms with van der Waals surface area (Å²) in [4.78, 5) is 10.1. The summed E-state index contributed by atoms with van der Waals surface area (Å²) in [7, 11) is 0. The second kappa shape index (κ2) is 4.30. The molecule has 0 bridgehead atoms. The molecule has 0 aliphatic heterocycles. The summed E-state index contributed by atoms with van der Waals surface area (Å²) in [5.74, 6) is 0. The van der Waals surface area contributed by atoms with Gasteiger partial charge in [0.15, 0.2) is 0 Å². The lowest BCUT2D eigenvalue weighted by molar-refractivity contribution is 0.0709. The van der Waals surface area contributed by atoms with Crippen LogP contribution in [0.4, 0.5) is 4.79 Å². The van der Waals surface area contributed by atoms with E-state index in [0.29, 0.717) is 0 Å². The summed E-state index contributed by atoms with van der Waals surface area (Å²) >= 11 is 0. The maximum Gasteiger partial charge on any atom is 0.509 e. The highest BCUT2D eigenvalue weighted by Crippen LogP contribution is 1.81. The van der Waals surface area contributed by atoms with Crippen molar-refractivity contribution in [3.63, 3.8) is 0 Å². The van der Waals surface area contributed by atoms with Crippen molar-refractivity contribution in [2.45, 2.75) is 0 Å². The molecule has 46 valence electrons. The third kappa shape index (κ3) is 3.33.